The lowest BCUT2D eigenvalue weighted by Crippen LogP contribution is -2.30. The average Bonchev–Trinajstić information content (AvgIpc) is 2.67. The fourth-order valence-electron chi connectivity index (χ4n) is 2.03. The molecule has 0 aromatic heterocycles. The molecule has 1 fully saturated rings. The van der Waals surface area contributed by atoms with Crippen molar-refractivity contribution in [2.45, 2.75) is 38.9 Å². The maximum atomic E-state index is 9.73. The van der Waals surface area contributed by atoms with Crippen LogP contribution >= 0.6 is 0 Å². The number of hydrogen-bond donors (Lipinski definition) is 2. The fourth-order valence-corrected chi connectivity index (χ4v) is 2.03. The maximum Gasteiger partial charge on any atom is 0.138 e. The summed E-state index contributed by atoms with van der Waals surface area (Å²) in [5.41, 5.74) is 2.39. The van der Waals surface area contributed by atoms with Gasteiger partial charge < -0.3 is 15.2 Å². The fraction of sp³-hybridized carbons (Fsp3) is 0.571. The van der Waals surface area contributed by atoms with Gasteiger partial charge in [-0.2, -0.15) is 0 Å². The second-order valence-corrected chi connectivity index (χ2v) is 5.06. The summed E-state index contributed by atoms with van der Waals surface area (Å²) in [6.45, 7) is 7.70. The molecule has 0 aliphatic carbocycles. The van der Waals surface area contributed by atoms with Crippen molar-refractivity contribution >= 4 is 0 Å². The Hall–Kier alpha value is -1.06. The normalized spacial score (nSPS) is 24.3. The molecule has 1 aromatic carbocycles. The van der Waals surface area contributed by atoms with Crippen LogP contribution in [0.25, 0.3) is 0 Å². The van der Waals surface area contributed by atoms with Gasteiger partial charge in [0.15, 0.2) is 0 Å². The summed E-state index contributed by atoms with van der Waals surface area (Å²) in [7, 11) is 0. The maximum absolute atomic E-state index is 9.73. The molecule has 1 aromatic rings. The first-order valence-electron chi connectivity index (χ1n) is 6.24. The highest BCUT2D eigenvalue weighted by Gasteiger charge is 2.27. The van der Waals surface area contributed by atoms with Crippen molar-refractivity contribution in [1.82, 2.24) is 5.32 Å². The molecule has 1 aliphatic heterocycles. The van der Waals surface area contributed by atoms with Crippen molar-refractivity contribution in [3.63, 3.8) is 0 Å². The van der Waals surface area contributed by atoms with Gasteiger partial charge in [0.2, 0.25) is 0 Å². The molecule has 3 heteroatoms. The molecule has 1 saturated heterocycles. The molecule has 0 saturated carbocycles. The van der Waals surface area contributed by atoms with Crippen LogP contribution in [0.2, 0.25) is 0 Å². The van der Waals surface area contributed by atoms with Crippen molar-refractivity contribution in [3.05, 3.63) is 29.3 Å². The number of benzene rings is 1. The molecule has 0 bridgehead atoms. The van der Waals surface area contributed by atoms with Crippen LogP contribution in [0, 0.1) is 6.92 Å². The van der Waals surface area contributed by atoms with Crippen LogP contribution in [0.15, 0.2) is 18.2 Å². The quantitative estimate of drug-likeness (QED) is 0.840. The van der Waals surface area contributed by atoms with Gasteiger partial charge in [0.05, 0.1) is 0 Å². The Bertz CT molecular complexity index is 390. The minimum atomic E-state index is -0.405. The Morgan fingerprint density at radius 3 is 2.71 bits per heavy atom. The zero-order valence-electron chi connectivity index (χ0n) is 10.7. The average molecular weight is 235 g/mol. The van der Waals surface area contributed by atoms with E-state index in [1.165, 1.54) is 5.56 Å². The van der Waals surface area contributed by atoms with Crippen LogP contribution < -0.4 is 10.1 Å². The highest BCUT2D eigenvalue weighted by molar-refractivity contribution is 5.38. The Balaban J connectivity index is 2.16. The zero-order valence-corrected chi connectivity index (χ0v) is 10.7. The van der Waals surface area contributed by atoms with E-state index in [0.29, 0.717) is 19.0 Å². The predicted octanol–water partition coefficient (Wildman–Crippen LogP) is 1.83. The third kappa shape index (κ3) is 2.79. The second kappa shape index (κ2) is 5.07. The zero-order chi connectivity index (χ0) is 12.4. The van der Waals surface area contributed by atoms with Gasteiger partial charge >= 0.3 is 0 Å². The lowest BCUT2D eigenvalue weighted by Gasteiger charge is -2.19. The summed E-state index contributed by atoms with van der Waals surface area (Å²) in [4.78, 5) is 0. The molecule has 94 valence electrons. The lowest BCUT2D eigenvalue weighted by molar-refractivity contribution is 0.0732. The van der Waals surface area contributed by atoms with Crippen molar-refractivity contribution in [3.8, 4) is 5.75 Å². The largest absolute Gasteiger partial charge is 0.486 e. The van der Waals surface area contributed by atoms with E-state index in [0.717, 1.165) is 11.3 Å². The van der Waals surface area contributed by atoms with Gasteiger partial charge in [-0.05, 0) is 30.0 Å². The molecular weight excluding hydrogens is 214 g/mol. The Labute approximate surface area is 103 Å². The van der Waals surface area contributed by atoms with E-state index >= 15 is 0 Å². The van der Waals surface area contributed by atoms with Crippen molar-refractivity contribution in [2.75, 3.05) is 13.1 Å². The van der Waals surface area contributed by atoms with Crippen LogP contribution in [0.1, 0.15) is 30.9 Å². The first-order valence-corrected chi connectivity index (χ1v) is 6.24. The SMILES string of the molecule is Cc1ccc(C(C)C)cc1OC1CNCC1O. The van der Waals surface area contributed by atoms with E-state index < -0.39 is 6.10 Å². The van der Waals surface area contributed by atoms with Gasteiger partial charge in [-0.25, -0.2) is 0 Å². The standard InChI is InChI=1S/C14H21NO2/c1-9(2)11-5-4-10(3)13(6-11)17-14-8-15-7-12(14)16/h4-6,9,12,14-16H,7-8H2,1-3H3. The molecule has 17 heavy (non-hydrogen) atoms. The minimum absolute atomic E-state index is 0.129. The highest BCUT2D eigenvalue weighted by Crippen LogP contribution is 2.26. The molecule has 0 amide bonds. The molecule has 2 rings (SSSR count). The number of rotatable bonds is 3. The summed E-state index contributed by atoms with van der Waals surface area (Å²) < 4.78 is 5.90. The van der Waals surface area contributed by atoms with Gasteiger partial charge in [-0.3, -0.25) is 0 Å². The Kier molecular flexibility index (Phi) is 3.69. The summed E-state index contributed by atoms with van der Waals surface area (Å²) in [5, 5.41) is 12.9. The van der Waals surface area contributed by atoms with E-state index in [1.807, 2.05) is 6.92 Å². The summed E-state index contributed by atoms with van der Waals surface area (Å²) in [5.74, 6) is 1.38. The van der Waals surface area contributed by atoms with Gasteiger partial charge in [0.1, 0.15) is 18.0 Å². The first kappa shape index (κ1) is 12.4. The highest BCUT2D eigenvalue weighted by atomic mass is 16.5. The van der Waals surface area contributed by atoms with Gasteiger partial charge in [0, 0.05) is 13.1 Å². The van der Waals surface area contributed by atoms with Gasteiger partial charge in [-0.1, -0.05) is 26.0 Å². The summed E-state index contributed by atoms with van der Waals surface area (Å²) in [6, 6.07) is 6.31. The molecule has 2 unspecified atom stereocenters. The number of ether oxygens (including phenoxy) is 1. The number of aliphatic hydroxyl groups excluding tert-OH is 1. The summed E-state index contributed by atoms with van der Waals surface area (Å²) in [6.07, 6.45) is -0.534. The first-order chi connectivity index (χ1) is 8.08. The lowest BCUT2D eigenvalue weighted by atomic mass is 10.0. The van der Waals surface area contributed by atoms with Crippen LogP contribution in [0.5, 0.6) is 5.75 Å². The van der Waals surface area contributed by atoms with E-state index in [4.69, 9.17) is 4.74 Å². The molecule has 0 radical (unpaired) electrons. The molecule has 2 N–H and O–H groups in total. The van der Waals surface area contributed by atoms with E-state index in [2.05, 4.69) is 37.4 Å². The number of aliphatic hydroxyl groups is 1. The van der Waals surface area contributed by atoms with Crippen LogP contribution in [0.3, 0.4) is 0 Å². The number of β-amino-alcohol motifs (C(OH)–C–C–N with tert-alkyl or cyclic N) is 1. The van der Waals surface area contributed by atoms with Crippen molar-refractivity contribution in [2.24, 2.45) is 0 Å². The third-order valence-electron chi connectivity index (χ3n) is 3.29. The topological polar surface area (TPSA) is 41.5 Å². The molecule has 0 spiro atoms. The van der Waals surface area contributed by atoms with Crippen molar-refractivity contribution < 1.29 is 9.84 Å². The molecule has 1 aliphatic rings. The molecule has 3 nitrogen and oxygen atoms in total. The molecule has 1 heterocycles. The number of hydrogen-bond acceptors (Lipinski definition) is 3. The van der Waals surface area contributed by atoms with Crippen LogP contribution in [-0.2, 0) is 0 Å². The Morgan fingerprint density at radius 1 is 1.35 bits per heavy atom. The number of aryl methyl sites for hydroxylation is 1. The minimum Gasteiger partial charge on any atom is -0.486 e. The predicted molar refractivity (Wildman–Crippen MR) is 68.6 cm³/mol. The van der Waals surface area contributed by atoms with Crippen LogP contribution in [0.4, 0.5) is 0 Å². The molecule has 2 atom stereocenters. The smallest absolute Gasteiger partial charge is 0.138 e. The van der Waals surface area contributed by atoms with Crippen LogP contribution in [-0.4, -0.2) is 30.4 Å². The monoisotopic (exact) mass is 235 g/mol. The van der Waals surface area contributed by atoms with Crippen molar-refractivity contribution in [1.29, 1.82) is 0 Å². The summed E-state index contributed by atoms with van der Waals surface area (Å²) >= 11 is 0. The van der Waals surface area contributed by atoms with Gasteiger partial charge in [0.25, 0.3) is 0 Å². The Morgan fingerprint density at radius 2 is 2.12 bits per heavy atom. The molecular formula is C14H21NO2. The van der Waals surface area contributed by atoms with E-state index in [9.17, 15) is 5.11 Å². The third-order valence-corrected chi connectivity index (χ3v) is 3.29. The van der Waals surface area contributed by atoms with E-state index in [-0.39, 0.29) is 6.10 Å². The van der Waals surface area contributed by atoms with E-state index in [1.54, 1.807) is 0 Å². The number of nitrogens with one attached hydrogen (secondary N) is 1. The second-order valence-electron chi connectivity index (χ2n) is 5.06. The van der Waals surface area contributed by atoms with Gasteiger partial charge in [-0.15, -0.1) is 0 Å².